The van der Waals surface area contributed by atoms with Crippen LogP contribution in [0.15, 0.2) is 18.2 Å². The lowest BCUT2D eigenvalue weighted by Gasteiger charge is -2.16. The summed E-state index contributed by atoms with van der Waals surface area (Å²) in [7, 11) is 1.65. The van der Waals surface area contributed by atoms with Crippen molar-refractivity contribution >= 4 is 23.0 Å². The molecule has 12 heavy (non-hydrogen) atoms. The maximum Gasteiger partial charge on any atom is 0.205 e. The van der Waals surface area contributed by atoms with Crippen molar-refractivity contribution in [1.82, 2.24) is 0 Å². The second-order valence-corrected chi connectivity index (χ2v) is 2.62. The molecule has 0 fully saturated rings. The zero-order valence-corrected chi connectivity index (χ0v) is 7.22. The molecule has 5 heteroatoms. The lowest BCUT2D eigenvalue weighted by atomic mass is 10.2. The first-order chi connectivity index (χ1) is 5.66. The van der Waals surface area contributed by atoms with Crippen LogP contribution >= 0.6 is 11.6 Å². The first-order valence-electron chi connectivity index (χ1n) is 3.36. The molecular formula is C7H9ClN2O2. The van der Waals surface area contributed by atoms with Crippen LogP contribution in [0.3, 0.4) is 0 Å². The summed E-state index contributed by atoms with van der Waals surface area (Å²) in [4.78, 5) is 0. The summed E-state index contributed by atoms with van der Waals surface area (Å²) in [5.74, 6) is 0. The van der Waals surface area contributed by atoms with Gasteiger partial charge in [-0.15, -0.1) is 0 Å². The Balaban J connectivity index is 3.20. The fourth-order valence-corrected chi connectivity index (χ4v) is 1.21. The van der Waals surface area contributed by atoms with Gasteiger partial charge >= 0.3 is 0 Å². The Hall–Kier alpha value is -0.810. The molecule has 0 bridgehead atoms. The summed E-state index contributed by atoms with van der Waals surface area (Å²) in [5.41, 5.74) is 0.636. The number of hydrogen-bond acceptors (Lipinski definition) is 3. The second-order valence-electron chi connectivity index (χ2n) is 2.22. The molecule has 3 N–H and O–H groups in total. The molecular weight excluding hydrogens is 180 g/mol. The van der Waals surface area contributed by atoms with Crippen molar-refractivity contribution in [2.45, 2.75) is 0 Å². The fraction of sp³-hybridized carbons (Fsp3) is 0.143. The normalized spacial score (nSPS) is 12.7. The molecule has 0 amide bonds. The van der Waals surface area contributed by atoms with Gasteiger partial charge < -0.3 is 10.5 Å². The summed E-state index contributed by atoms with van der Waals surface area (Å²) in [5, 5.41) is 21.4. The lowest BCUT2D eigenvalue weighted by Crippen LogP contribution is -2.99. The van der Waals surface area contributed by atoms with Crippen LogP contribution in [0.2, 0.25) is 5.02 Å². The van der Waals surface area contributed by atoms with Gasteiger partial charge in [0.25, 0.3) is 0 Å². The molecule has 1 atom stereocenters. The zero-order valence-electron chi connectivity index (χ0n) is 6.47. The summed E-state index contributed by atoms with van der Waals surface area (Å²) in [6.45, 7) is 0. The number of halogens is 1. The third kappa shape index (κ3) is 1.67. The maximum absolute atomic E-state index is 10.7. The number of hydrogen-bond donors (Lipinski definition) is 3. The van der Waals surface area contributed by atoms with E-state index >= 15 is 0 Å². The smallest absolute Gasteiger partial charge is 0.205 e. The molecule has 0 aromatic heterocycles. The Labute approximate surface area is 74.9 Å². The standard InChI is InChI=1S/C7H9ClN2O2/c1-9-6-4-2-3-5(8)7(6)10(11)12/h2-4,9-11H,1H3. The van der Waals surface area contributed by atoms with Crippen molar-refractivity contribution in [1.29, 1.82) is 0 Å². The number of nitrogens with one attached hydrogen (secondary N) is 2. The minimum absolute atomic E-state index is 0.113. The van der Waals surface area contributed by atoms with Gasteiger partial charge in [-0.2, -0.15) is 5.23 Å². The van der Waals surface area contributed by atoms with Gasteiger partial charge in [0.2, 0.25) is 5.69 Å². The summed E-state index contributed by atoms with van der Waals surface area (Å²) in [6.07, 6.45) is 0. The van der Waals surface area contributed by atoms with E-state index in [1.807, 2.05) is 0 Å². The first kappa shape index (κ1) is 9.28. The van der Waals surface area contributed by atoms with Crippen molar-refractivity contribution in [3.8, 4) is 0 Å². The van der Waals surface area contributed by atoms with Gasteiger partial charge in [-0.3, -0.25) is 0 Å². The van der Waals surface area contributed by atoms with E-state index in [2.05, 4.69) is 5.32 Å². The topological polar surface area (TPSA) is 59.8 Å². The van der Waals surface area contributed by atoms with Crippen molar-refractivity contribution in [2.75, 3.05) is 12.4 Å². The third-order valence-electron chi connectivity index (χ3n) is 1.50. The van der Waals surface area contributed by atoms with Crippen LogP contribution in [-0.4, -0.2) is 12.3 Å². The van der Waals surface area contributed by atoms with Gasteiger partial charge in [0.1, 0.15) is 10.7 Å². The quantitative estimate of drug-likeness (QED) is 0.602. The van der Waals surface area contributed by atoms with Crippen LogP contribution in [0, 0.1) is 5.21 Å². The van der Waals surface area contributed by atoms with Crippen molar-refractivity contribution < 1.29 is 10.4 Å². The summed E-state index contributed by atoms with van der Waals surface area (Å²) in [6, 6.07) is 4.90. The molecule has 1 unspecified atom stereocenters. The average Bonchev–Trinajstić information content (AvgIpc) is 2.03. The van der Waals surface area contributed by atoms with E-state index in [1.54, 1.807) is 25.2 Å². The summed E-state index contributed by atoms with van der Waals surface area (Å²) < 4.78 is 0. The van der Waals surface area contributed by atoms with Crippen LogP contribution in [0.1, 0.15) is 0 Å². The first-order valence-corrected chi connectivity index (χ1v) is 3.74. The fourth-order valence-electron chi connectivity index (χ4n) is 0.950. The minimum atomic E-state index is -1.02. The Bertz CT molecular complexity index is 278. The van der Waals surface area contributed by atoms with Crippen LogP contribution < -0.4 is 10.5 Å². The van der Waals surface area contributed by atoms with E-state index in [4.69, 9.17) is 16.8 Å². The maximum atomic E-state index is 10.7. The number of para-hydroxylation sites is 1. The third-order valence-corrected chi connectivity index (χ3v) is 1.81. The van der Waals surface area contributed by atoms with Crippen molar-refractivity contribution in [3.05, 3.63) is 28.4 Å². The Morgan fingerprint density at radius 2 is 2.25 bits per heavy atom. The minimum Gasteiger partial charge on any atom is -0.595 e. The van der Waals surface area contributed by atoms with E-state index in [9.17, 15) is 5.21 Å². The largest absolute Gasteiger partial charge is 0.595 e. The van der Waals surface area contributed by atoms with Gasteiger partial charge in [-0.1, -0.05) is 17.7 Å². The Morgan fingerprint density at radius 3 is 2.67 bits per heavy atom. The van der Waals surface area contributed by atoms with Crippen molar-refractivity contribution in [2.24, 2.45) is 0 Å². The van der Waals surface area contributed by atoms with E-state index < -0.39 is 5.23 Å². The number of rotatable bonds is 2. The van der Waals surface area contributed by atoms with E-state index in [1.165, 1.54) is 0 Å². The van der Waals surface area contributed by atoms with Crippen LogP contribution in [-0.2, 0) is 0 Å². The molecule has 4 nitrogen and oxygen atoms in total. The molecule has 0 saturated carbocycles. The predicted octanol–water partition coefficient (Wildman–Crippen LogP) is 0.785. The van der Waals surface area contributed by atoms with E-state index in [0.717, 1.165) is 0 Å². The molecule has 0 saturated heterocycles. The Morgan fingerprint density at radius 1 is 1.58 bits per heavy atom. The highest BCUT2D eigenvalue weighted by molar-refractivity contribution is 6.33. The summed E-state index contributed by atoms with van der Waals surface area (Å²) >= 11 is 5.68. The molecule has 1 aromatic carbocycles. The molecule has 0 aliphatic carbocycles. The SMILES string of the molecule is CNc1cccc(Cl)c1[NH+]([O-])O. The number of quaternary nitrogens is 1. The molecule has 0 spiro atoms. The molecule has 0 radical (unpaired) electrons. The predicted molar refractivity (Wildman–Crippen MR) is 46.8 cm³/mol. The van der Waals surface area contributed by atoms with Gasteiger partial charge in [0, 0.05) is 7.05 Å². The molecule has 1 rings (SSSR count). The van der Waals surface area contributed by atoms with Gasteiger partial charge in [-0.25, -0.2) is 5.21 Å². The van der Waals surface area contributed by atoms with Gasteiger partial charge in [0.15, 0.2) is 0 Å². The zero-order chi connectivity index (χ0) is 9.14. The average molecular weight is 189 g/mol. The monoisotopic (exact) mass is 188 g/mol. The van der Waals surface area contributed by atoms with Gasteiger partial charge in [-0.05, 0) is 12.1 Å². The van der Waals surface area contributed by atoms with Crippen molar-refractivity contribution in [3.63, 3.8) is 0 Å². The molecule has 66 valence electrons. The molecule has 0 aliphatic rings. The van der Waals surface area contributed by atoms with Crippen LogP contribution in [0.5, 0.6) is 0 Å². The molecule has 0 heterocycles. The Kier molecular flexibility index (Phi) is 2.88. The van der Waals surface area contributed by atoms with Crippen LogP contribution in [0.4, 0.5) is 11.4 Å². The highest BCUT2D eigenvalue weighted by atomic mass is 35.5. The highest BCUT2D eigenvalue weighted by Crippen LogP contribution is 2.25. The van der Waals surface area contributed by atoms with Gasteiger partial charge in [0.05, 0.1) is 0 Å². The van der Waals surface area contributed by atoms with E-state index in [-0.39, 0.29) is 10.7 Å². The number of benzene rings is 1. The van der Waals surface area contributed by atoms with E-state index in [0.29, 0.717) is 5.69 Å². The lowest BCUT2D eigenvalue weighted by molar-refractivity contribution is -0.990. The highest BCUT2D eigenvalue weighted by Gasteiger charge is 2.11. The second kappa shape index (κ2) is 3.73. The molecule has 1 aromatic rings. The number of anilines is 1. The van der Waals surface area contributed by atoms with Crippen LogP contribution in [0.25, 0.3) is 0 Å². The molecule has 0 aliphatic heterocycles.